The number of pyridine rings is 1. The van der Waals surface area contributed by atoms with Crippen LogP contribution in [0.25, 0.3) is 0 Å². The Morgan fingerprint density at radius 1 is 1.56 bits per heavy atom. The van der Waals surface area contributed by atoms with Gasteiger partial charge in [-0.05, 0) is 6.07 Å². The summed E-state index contributed by atoms with van der Waals surface area (Å²) in [6, 6.07) is 3.37. The van der Waals surface area contributed by atoms with E-state index in [0.717, 1.165) is 5.56 Å². The van der Waals surface area contributed by atoms with E-state index < -0.39 is 5.97 Å². The smallest absolute Gasteiger partial charge is 0.326 e. The largest absolute Gasteiger partial charge is 0.459 e. The van der Waals surface area contributed by atoms with Crippen LogP contribution in [0, 0.1) is 0 Å². The Bertz CT molecular complexity index is 452. The van der Waals surface area contributed by atoms with E-state index in [-0.39, 0.29) is 19.1 Å². The molecule has 0 aliphatic carbocycles. The van der Waals surface area contributed by atoms with Gasteiger partial charge < -0.3 is 9.64 Å². The minimum atomic E-state index is -0.416. The Morgan fingerprint density at radius 3 is 3.00 bits per heavy atom. The van der Waals surface area contributed by atoms with Gasteiger partial charge in [-0.1, -0.05) is 17.7 Å². The number of esters is 1. The van der Waals surface area contributed by atoms with Gasteiger partial charge in [0.2, 0.25) is 5.91 Å². The van der Waals surface area contributed by atoms with Gasteiger partial charge in [-0.25, -0.2) is 4.98 Å². The van der Waals surface area contributed by atoms with Gasteiger partial charge >= 0.3 is 5.97 Å². The number of thioether (sulfide) groups is 1. The van der Waals surface area contributed by atoms with E-state index in [0.29, 0.717) is 16.8 Å². The van der Waals surface area contributed by atoms with E-state index >= 15 is 0 Å². The van der Waals surface area contributed by atoms with Crippen molar-refractivity contribution in [2.45, 2.75) is 6.61 Å². The highest BCUT2D eigenvalue weighted by atomic mass is 35.5. The van der Waals surface area contributed by atoms with Crippen LogP contribution < -0.4 is 0 Å². The number of amides is 1. The molecule has 0 unspecified atom stereocenters. The van der Waals surface area contributed by atoms with E-state index in [1.54, 1.807) is 18.3 Å². The summed E-state index contributed by atoms with van der Waals surface area (Å²) in [6.45, 7) is 0.144. The van der Waals surface area contributed by atoms with Crippen LogP contribution in [0.5, 0.6) is 0 Å². The summed E-state index contributed by atoms with van der Waals surface area (Å²) in [5.74, 6) is 0.552. The van der Waals surface area contributed by atoms with Crippen molar-refractivity contribution in [1.29, 1.82) is 0 Å². The maximum atomic E-state index is 11.5. The topological polar surface area (TPSA) is 59.5 Å². The molecule has 1 amide bonds. The zero-order chi connectivity index (χ0) is 13.0. The van der Waals surface area contributed by atoms with E-state index in [4.69, 9.17) is 16.3 Å². The van der Waals surface area contributed by atoms with E-state index in [9.17, 15) is 9.59 Å². The number of rotatable bonds is 4. The van der Waals surface area contributed by atoms with Crippen LogP contribution in [0.1, 0.15) is 5.56 Å². The third-order valence-corrected chi connectivity index (χ3v) is 3.50. The lowest BCUT2D eigenvalue weighted by atomic mass is 10.3. The molecular formula is C11H11ClN2O3S. The molecule has 2 rings (SSSR count). The molecule has 1 aliphatic rings. The minimum Gasteiger partial charge on any atom is -0.459 e. The SMILES string of the molecule is O=C(CN1CSCC1=O)OCc1ccc(Cl)nc1. The molecule has 0 radical (unpaired) electrons. The molecule has 0 bridgehead atoms. The lowest BCUT2D eigenvalue weighted by Gasteiger charge is -2.13. The molecule has 1 saturated heterocycles. The number of nitrogens with zero attached hydrogens (tertiary/aromatic N) is 2. The van der Waals surface area contributed by atoms with Crippen LogP contribution >= 0.6 is 23.4 Å². The number of carbonyl (C=O) groups is 2. The molecule has 0 aromatic carbocycles. The average molecular weight is 287 g/mol. The van der Waals surface area contributed by atoms with Crippen LogP contribution in [-0.4, -0.2) is 39.9 Å². The van der Waals surface area contributed by atoms with Gasteiger partial charge in [0.1, 0.15) is 18.3 Å². The van der Waals surface area contributed by atoms with Gasteiger partial charge in [0.05, 0.1) is 11.6 Å². The first-order chi connectivity index (χ1) is 8.65. The predicted octanol–water partition coefficient (Wildman–Crippen LogP) is 1.31. The second-order valence-corrected chi connectivity index (χ2v) is 5.06. The number of carbonyl (C=O) groups excluding carboxylic acids is 2. The summed E-state index contributed by atoms with van der Waals surface area (Å²) in [5, 5.41) is 0.393. The monoisotopic (exact) mass is 286 g/mol. The maximum Gasteiger partial charge on any atom is 0.326 e. The van der Waals surface area contributed by atoms with Crippen LogP contribution in [-0.2, 0) is 20.9 Å². The van der Waals surface area contributed by atoms with E-state index in [1.165, 1.54) is 16.7 Å². The molecule has 18 heavy (non-hydrogen) atoms. The molecule has 1 aliphatic heterocycles. The Kier molecular flexibility index (Phi) is 4.43. The van der Waals surface area contributed by atoms with Crippen LogP contribution in [0.4, 0.5) is 0 Å². The fraction of sp³-hybridized carbons (Fsp3) is 0.364. The van der Waals surface area contributed by atoms with Crippen LogP contribution in [0.15, 0.2) is 18.3 Å². The highest BCUT2D eigenvalue weighted by molar-refractivity contribution is 8.00. The fourth-order valence-electron chi connectivity index (χ4n) is 1.40. The molecule has 1 aromatic heterocycles. The van der Waals surface area contributed by atoms with Crippen molar-refractivity contribution in [1.82, 2.24) is 9.88 Å². The number of aromatic nitrogens is 1. The number of ether oxygens (including phenoxy) is 1. The third kappa shape index (κ3) is 3.61. The second-order valence-electron chi connectivity index (χ2n) is 3.72. The zero-order valence-electron chi connectivity index (χ0n) is 9.47. The average Bonchev–Trinajstić information content (AvgIpc) is 2.74. The van der Waals surface area contributed by atoms with E-state index in [2.05, 4.69) is 4.98 Å². The van der Waals surface area contributed by atoms with Crippen molar-refractivity contribution in [3.8, 4) is 0 Å². The summed E-state index contributed by atoms with van der Waals surface area (Å²) in [6.07, 6.45) is 1.55. The first kappa shape index (κ1) is 13.2. The summed E-state index contributed by atoms with van der Waals surface area (Å²) in [4.78, 5) is 28.2. The highest BCUT2D eigenvalue weighted by Gasteiger charge is 2.23. The van der Waals surface area contributed by atoms with Crippen LogP contribution in [0.3, 0.4) is 0 Å². The van der Waals surface area contributed by atoms with Gasteiger partial charge in [0.25, 0.3) is 0 Å². The van der Waals surface area contributed by atoms with Gasteiger partial charge in [0.15, 0.2) is 0 Å². The molecule has 7 heteroatoms. The summed E-state index contributed by atoms with van der Waals surface area (Å²) < 4.78 is 5.05. The molecule has 96 valence electrons. The molecule has 0 spiro atoms. The molecule has 0 atom stereocenters. The van der Waals surface area contributed by atoms with Crippen molar-refractivity contribution in [2.24, 2.45) is 0 Å². The maximum absolute atomic E-state index is 11.5. The Labute approximate surface area is 113 Å². The number of hydrogen-bond acceptors (Lipinski definition) is 5. The Hall–Kier alpha value is -1.27. The minimum absolute atomic E-state index is 0.00680. The Balaban J connectivity index is 1.78. The van der Waals surface area contributed by atoms with Crippen molar-refractivity contribution in [3.63, 3.8) is 0 Å². The first-order valence-electron chi connectivity index (χ1n) is 5.27. The number of hydrogen-bond donors (Lipinski definition) is 0. The molecule has 0 N–H and O–H groups in total. The molecular weight excluding hydrogens is 276 g/mol. The van der Waals surface area contributed by atoms with Crippen molar-refractivity contribution < 1.29 is 14.3 Å². The van der Waals surface area contributed by atoms with Gasteiger partial charge in [0, 0.05) is 11.8 Å². The predicted molar refractivity (Wildman–Crippen MR) is 68.1 cm³/mol. The first-order valence-corrected chi connectivity index (χ1v) is 6.80. The second kappa shape index (κ2) is 6.06. The lowest BCUT2D eigenvalue weighted by molar-refractivity contribution is -0.148. The van der Waals surface area contributed by atoms with Gasteiger partial charge in [-0.15, -0.1) is 11.8 Å². The summed E-state index contributed by atoms with van der Waals surface area (Å²) in [7, 11) is 0. The fourth-order valence-corrected chi connectivity index (χ4v) is 2.41. The highest BCUT2D eigenvalue weighted by Crippen LogP contribution is 2.14. The summed E-state index contributed by atoms with van der Waals surface area (Å²) >= 11 is 7.13. The number of halogens is 1. The summed E-state index contributed by atoms with van der Waals surface area (Å²) in [5.41, 5.74) is 0.759. The lowest BCUT2D eigenvalue weighted by Crippen LogP contribution is -2.32. The third-order valence-electron chi connectivity index (χ3n) is 2.33. The van der Waals surface area contributed by atoms with Gasteiger partial charge in [-0.2, -0.15) is 0 Å². The van der Waals surface area contributed by atoms with E-state index in [1.807, 2.05) is 0 Å². The molecule has 1 fully saturated rings. The molecule has 2 heterocycles. The molecule has 0 saturated carbocycles. The van der Waals surface area contributed by atoms with Gasteiger partial charge in [-0.3, -0.25) is 9.59 Å². The van der Waals surface area contributed by atoms with Crippen molar-refractivity contribution in [2.75, 3.05) is 18.2 Å². The van der Waals surface area contributed by atoms with Crippen LogP contribution in [0.2, 0.25) is 5.15 Å². The molecule has 1 aromatic rings. The van der Waals surface area contributed by atoms with Crippen molar-refractivity contribution >= 4 is 35.2 Å². The van der Waals surface area contributed by atoms with Crippen molar-refractivity contribution in [3.05, 3.63) is 29.0 Å². The normalized spacial score (nSPS) is 14.9. The Morgan fingerprint density at radius 2 is 2.39 bits per heavy atom. The zero-order valence-corrected chi connectivity index (χ0v) is 11.0. The molecule has 5 nitrogen and oxygen atoms in total. The quantitative estimate of drug-likeness (QED) is 0.617. The standard InChI is InChI=1S/C11H11ClN2O3S/c12-9-2-1-8(3-13-9)5-17-11(16)4-14-7-18-6-10(14)15/h1-3H,4-7H2.